The van der Waals surface area contributed by atoms with E-state index in [4.69, 9.17) is 6.42 Å². The van der Waals surface area contributed by atoms with E-state index in [0.717, 1.165) is 37.7 Å². The fourth-order valence-electron chi connectivity index (χ4n) is 2.44. The Balaban J connectivity index is 2.17. The lowest BCUT2D eigenvalue weighted by molar-refractivity contribution is 0.463. The summed E-state index contributed by atoms with van der Waals surface area (Å²) in [5.74, 6) is 2.62. The highest BCUT2D eigenvalue weighted by Gasteiger charge is 2.24. The van der Waals surface area contributed by atoms with Crippen LogP contribution in [0.2, 0.25) is 0 Å². The summed E-state index contributed by atoms with van der Waals surface area (Å²) in [6, 6.07) is 7.00. The average Bonchev–Trinajstić information content (AvgIpc) is 2.48. The smallest absolute Gasteiger partial charge is 0.263 e. The van der Waals surface area contributed by atoms with E-state index in [2.05, 4.69) is 5.92 Å². The molecule has 0 bridgehead atoms. The van der Waals surface area contributed by atoms with Gasteiger partial charge in [-0.25, -0.2) is 8.42 Å². The molecule has 1 aliphatic heterocycles. The molecule has 112 valence electrons. The normalized spacial score (nSPS) is 15.4. The van der Waals surface area contributed by atoms with Crippen molar-refractivity contribution in [2.45, 2.75) is 43.9 Å². The number of hydrogen-bond acceptors (Lipinski definition) is 2. The second-order valence-electron chi connectivity index (χ2n) is 5.38. The van der Waals surface area contributed by atoms with Gasteiger partial charge in [0.05, 0.1) is 4.90 Å². The van der Waals surface area contributed by atoms with Gasteiger partial charge in [-0.3, -0.25) is 4.31 Å². The van der Waals surface area contributed by atoms with E-state index in [1.807, 2.05) is 19.1 Å². The van der Waals surface area contributed by atoms with Crippen LogP contribution in [0.5, 0.6) is 0 Å². The molecular weight excluding hydrogens is 282 g/mol. The molecule has 0 N–H and O–H groups in total. The minimum atomic E-state index is -3.43. The predicted octanol–water partition coefficient (Wildman–Crippen LogP) is 3.47. The third kappa shape index (κ3) is 3.89. The SMILES string of the molecule is C#CCCCC1=CN(S(=O)(=O)c2ccc(C)cc2)CCC1. The molecule has 0 radical (unpaired) electrons. The van der Waals surface area contributed by atoms with Crippen molar-refractivity contribution in [2.75, 3.05) is 6.54 Å². The Morgan fingerprint density at radius 2 is 2.00 bits per heavy atom. The van der Waals surface area contributed by atoms with E-state index in [1.54, 1.807) is 18.3 Å². The fraction of sp³-hybridized carbons (Fsp3) is 0.412. The van der Waals surface area contributed by atoms with E-state index in [9.17, 15) is 8.42 Å². The summed E-state index contributed by atoms with van der Waals surface area (Å²) in [6.07, 6.45) is 11.4. The van der Waals surface area contributed by atoms with Crippen LogP contribution < -0.4 is 0 Å². The van der Waals surface area contributed by atoms with Crippen LogP contribution in [-0.2, 0) is 10.0 Å². The van der Waals surface area contributed by atoms with Crippen molar-refractivity contribution in [2.24, 2.45) is 0 Å². The Kier molecular flexibility index (Phi) is 5.08. The predicted molar refractivity (Wildman–Crippen MR) is 85.1 cm³/mol. The van der Waals surface area contributed by atoms with Gasteiger partial charge in [-0.1, -0.05) is 23.3 Å². The highest BCUT2D eigenvalue weighted by Crippen LogP contribution is 2.25. The number of allylic oxidation sites excluding steroid dienone is 1. The summed E-state index contributed by atoms with van der Waals surface area (Å²) in [6.45, 7) is 2.50. The molecule has 3 nitrogen and oxygen atoms in total. The molecule has 0 amide bonds. The van der Waals surface area contributed by atoms with Crippen molar-refractivity contribution in [1.82, 2.24) is 4.31 Å². The van der Waals surface area contributed by atoms with Gasteiger partial charge in [0, 0.05) is 19.2 Å². The summed E-state index contributed by atoms with van der Waals surface area (Å²) >= 11 is 0. The standard InChI is InChI=1S/C17H21NO2S/c1-3-4-5-7-16-8-6-13-18(14-16)21(19,20)17-11-9-15(2)10-12-17/h1,9-12,14H,4-8,13H2,2H3. The second kappa shape index (κ2) is 6.82. The van der Waals surface area contributed by atoms with Crippen LogP contribution in [0.4, 0.5) is 0 Å². The van der Waals surface area contributed by atoms with Crippen LogP contribution in [0.3, 0.4) is 0 Å². The molecule has 0 unspecified atom stereocenters. The Labute approximate surface area is 127 Å². The van der Waals surface area contributed by atoms with Crippen molar-refractivity contribution >= 4 is 10.0 Å². The van der Waals surface area contributed by atoms with Gasteiger partial charge in [-0.05, 0) is 44.7 Å². The highest BCUT2D eigenvalue weighted by molar-refractivity contribution is 7.89. The minimum Gasteiger partial charge on any atom is -0.273 e. The van der Waals surface area contributed by atoms with Crippen LogP contribution in [0.25, 0.3) is 0 Å². The Morgan fingerprint density at radius 3 is 2.67 bits per heavy atom. The lowest BCUT2D eigenvalue weighted by Gasteiger charge is -2.26. The number of sulfonamides is 1. The van der Waals surface area contributed by atoms with Gasteiger partial charge in [-0.2, -0.15) is 0 Å². The molecule has 4 heteroatoms. The van der Waals surface area contributed by atoms with Crippen LogP contribution >= 0.6 is 0 Å². The maximum absolute atomic E-state index is 12.6. The molecule has 2 rings (SSSR count). The molecule has 0 atom stereocenters. The maximum atomic E-state index is 12.6. The van der Waals surface area contributed by atoms with Gasteiger partial charge >= 0.3 is 0 Å². The van der Waals surface area contributed by atoms with E-state index >= 15 is 0 Å². The van der Waals surface area contributed by atoms with Crippen molar-refractivity contribution in [3.05, 3.63) is 41.6 Å². The monoisotopic (exact) mass is 303 g/mol. The van der Waals surface area contributed by atoms with E-state index in [-0.39, 0.29) is 0 Å². The van der Waals surface area contributed by atoms with Crippen molar-refractivity contribution in [3.63, 3.8) is 0 Å². The molecule has 1 aliphatic rings. The second-order valence-corrected chi connectivity index (χ2v) is 7.27. The first-order valence-corrected chi connectivity index (χ1v) is 8.69. The van der Waals surface area contributed by atoms with Crippen LogP contribution in [0, 0.1) is 19.3 Å². The number of rotatable bonds is 5. The van der Waals surface area contributed by atoms with Crippen LogP contribution in [-0.4, -0.2) is 19.3 Å². The summed E-state index contributed by atoms with van der Waals surface area (Å²) in [5.41, 5.74) is 2.23. The summed E-state index contributed by atoms with van der Waals surface area (Å²) in [7, 11) is -3.43. The zero-order valence-electron chi connectivity index (χ0n) is 12.4. The largest absolute Gasteiger partial charge is 0.273 e. The molecule has 1 aromatic rings. The first-order chi connectivity index (χ1) is 10.0. The lowest BCUT2D eigenvalue weighted by Crippen LogP contribution is -2.30. The number of aryl methyl sites for hydroxylation is 1. The molecule has 0 aliphatic carbocycles. The third-order valence-corrected chi connectivity index (χ3v) is 5.42. The average molecular weight is 303 g/mol. The zero-order chi connectivity index (χ0) is 15.3. The molecule has 0 saturated carbocycles. The van der Waals surface area contributed by atoms with Gasteiger partial charge in [0.2, 0.25) is 0 Å². The lowest BCUT2D eigenvalue weighted by atomic mass is 10.0. The first-order valence-electron chi connectivity index (χ1n) is 7.25. The van der Waals surface area contributed by atoms with E-state index in [1.165, 1.54) is 9.88 Å². The Bertz CT molecular complexity index is 651. The molecule has 0 saturated heterocycles. The number of terminal acetylenes is 1. The summed E-state index contributed by atoms with van der Waals surface area (Å²) in [4.78, 5) is 0.356. The van der Waals surface area contributed by atoms with Crippen LogP contribution in [0.15, 0.2) is 40.9 Å². The molecule has 1 heterocycles. The molecule has 1 aromatic carbocycles. The van der Waals surface area contributed by atoms with E-state index in [0.29, 0.717) is 11.4 Å². The van der Waals surface area contributed by atoms with Crippen LogP contribution in [0.1, 0.15) is 37.7 Å². The van der Waals surface area contributed by atoms with Gasteiger partial charge in [-0.15, -0.1) is 12.3 Å². The maximum Gasteiger partial charge on any atom is 0.263 e. The topological polar surface area (TPSA) is 37.4 Å². The first kappa shape index (κ1) is 15.7. The molecule has 0 aromatic heterocycles. The van der Waals surface area contributed by atoms with Gasteiger partial charge in [0.1, 0.15) is 0 Å². The van der Waals surface area contributed by atoms with Gasteiger partial charge in [0.15, 0.2) is 0 Å². The van der Waals surface area contributed by atoms with Crippen molar-refractivity contribution in [1.29, 1.82) is 0 Å². The molecule has 0 spiro atoms. The minimum absolute atomic E-state index is 0.356. The van der Waals surface area contributed by atoms with Gasteiger partial charge in [0.25, 0.3) is 10.0 Å². The number of nitrogens with zero attached hydrogens (tertiary/aromatic N) is 1. The highest BCUT2D eigenvalue weighted by atomic mass is 32.2. The zero-order valence-corrected chi connectivity index (χ0v) is 13.2. The molecule has 0 fully saturated rings. The van der Waals surface area contributed by atoms with Crippen molar-refractivity contribution in [3.8, 4) is 12.3 Å². The summed E-state index contributed by atoms with van der Waals surface area (Å²) < 4.78 is 26.7. The quantitative estimate of drug-likeness (QED) is 0.617. The number of hydrogen-bond donors (Lipinski definition) is 0. The summed E-state index contributed by atoms with van der Waals surface area (Å²) in [5, 5.41) is 0. The Morgan fingerprint density at radius 1 is 1.29 bits per heavy atom. The number of benzene rings is 1. The third-order valence-electron chi connectivity index (χ3n) is 3.65. The molecular formula is C17H21NO2S. The fourth-order valence-corrected chi connectivity index (χ4v) is 3.85. The molecule has 21 heavy (non-hydrogen) atoms. The van der Waals surface area contributed by atoms with Crippen molar-refractivity contribution < 1.29 is 8.42 Å². The van der Waals surface area contributed by atoms with E-state index < -0.39 is 10.0 Å². The Hall–Kier alpha value is -1.73. The number of unbranched alkanes of at least 4 members (excludes halogenated alkanes) is 1. The van der Waals surface area contributed by atoms with Gasteiger partial charge < -0.3 is 0 Å².